The van der Waals surface area contributed by atoms with Gasteiger partial charge in [-0.25, -0.2) is 0 Å². The van der Waals surface area contributed by atoms with Crippen LogP contribution in [0.1, 0.15) is 25.8 Å². The molecule has 1 rings (SSSR count). The van der Waals surface area contributed by atoms with Gasteiger partial charge in [0.25, 0.3) is 0 Å². The van der Waals surface area contributed by atoms with Crippen molar-refractivity contribution < 1.29 is 15.3 Å². The molecule has 0 saturated carbocycles. The van der Waals surface area contributed by atoms with Crippen molar-refractivity contribution in [1.82, 2.24) is 0 Å². The van der Waals surface area contributed by atoms with Gasteiger partial charge in [-0.3, -0.25) is 0 Å². The first-order chi connectivity index (χ1) is 6.81. The number of rotatable bonds is 3. The number of nitrogens with two attached hydrogens (primary N) is 1. The van der Waals surface area contributed by atoms with Crippen molar-refractivity contribution in [2.75, 3.05) is 0 Å². The van der Waals surface area contributed by atoms with E-state index < -0.39 is 11.6 Å². The number of hydrogen-bond donors (Lipinski definition) is 4. The van der Waals surface area contributed by atoms with Gasteiger partial charge in [-0.1, -0.05) is 13.8 Å². The van der Waals surface area contributed by atoms with E-state index in [-0.39, 0.29) is 11.5 Å². The number of aliphatic hydroxyl groups is 1. The zero-order valence-corrected chi connectivity index (χ0v) is 8.94. The van der Waals surface area contributed by atoms with Crippen molar-refractivity contribution in [3.63, 3.8) is 0 Å². The van der Waals surface area contributed by atoms with Gasteiger partial charge >= 0.3 is 0 Å². The smallest absolute Gasteiger partial charge is 0.119 e. The van der Waals surface area contributed by atoms with Gasteiger partial charge in [0.2, 0.25) is 0 Å². The van der Waals surface area contributed by atoms with E-state index in [1.165, 1.54) is 6.07 Å². The lowest BCUT2D eigenvalue weighted by atomic mass is 9.81. The Morgan fingerprint density at radius 3 is 2.07 bits per heavy atom. The lowest BCUT2D eigenvalue weighted by molar-refractivity contribution is 0.145. The van der Waals surface area contributed by atoms with Crippen LogP contribution < -0.4 is 5.73 Å². The molecule has 5 N–H and O–H groups in total. The minimum Gasteiger partial charge on any atom is -0.508 e. The Balaban J connectivity index is 3.03. The Hall–Kier alpha value is -1.26. The molecule has 0 amide bonds. The molecular formula is C11H17NO3. The van der Waals surface area contributed by atoms with Gasteiger partial charge in [-0.05, 0) is 29.5 Å². The molecule has 0 aliphatic carbocycles. The standard InChI is InChI=1S/C11H17NO3/c1-11(2,6-10(12)15)7-3-8(13)5-9(14)4-7/h3-5,10,13-15H,6,12H2,1-2H3. The van der Waals surface area contributed by atoms with Gasteiger partial charge in [0.1, 0.15) is 17.7 Å². The van der Waals surface area contributed by atoms with Gasteiger partial charge in [0, 0.05) is 6.07 Å². The van der Waals surface area contributed by atoms with Gasteiger partial charge in [-0.15, -0.1) is 0 Å². The summed E-state index contributed by atoms with van der Waals surface area (Å²) in [5.74, 6) is 0.00849. The molecule has 0 radical (unpaired) electrons. The number of phenols is 2. The maximum atomic E-state index is 9.34. The Labute approximate surface area is 89.0 Å². The van der Waals surface area contributed by atoms with Gasteiger partial charge in [0.15, 0.2) is 0 Å². The second-order valence-corrected chi connectivity index (χ2v) is 4.39. The van der Waals surface area contributed by atoms with Crippen LogP contribution in [-0.4, -0.2) is 21.5 Å². The number of phenolic OH excluding ortho intramolecular Hbond substituents is 2. The summed E-state index contributed by atoms with van der Waals surface area (Å²) < 4.78 is 0. The van der Waals surface area contributed by atoms with Crippen LogP contribution in [0.3, 0.4) is 0 Å². The first-order valence-electron chi connectivity index (χ1n) is 4.78. The summed E-state index contributed by atoms with van der Waals surface area (Å²) in [6.07, 6.45) is -0.555. The van der Waals surface area contributed by atoms with Crippen molar-refractivity contribution in [2.45, 2.75) is 31.9 Å². The summed E-state index contributed by atoms with van der Waals surface area (Å²) in [7, 11) is 0. The summed E-state index contributed by atoms with van der Waals surface area (Å²) >= 11 is 0. The molecular weight excluding hydrogens is 194 g/mol. The molecule has 0 aliphatic heterocycles. The van der Waals surface area contributed by atoms with Crippen LogP contribution >= 0.6 is 0 Å². The molecule has 0 bridgehead atoms. The fourth-order valence-corrected chi connectivity index (χ4v) is 1.63. The highest BCUT2D eigenvalue weighted by Gasteiger charge is 2.23. The largest absolute Gasteiger partial charge is 0.508 e. The minimum atomic E-state index is -0.913. The molecule has 0 saturated heterocycles. The highest BCUT2D eigenvalue weighted by molar-refractivity contribution is 5.39. The fraction of sp³-hybridized carbons (Fsp3) is 0.455. The zero-order valence-electron chi connectivity index (χ0n) is 8.94. The Kier molecular flexibility index (Phi) is 3.21. The van der Waals surface area contributed by atoms with Crippen LogP contribution in [0.2, 0.25) is 0 Å². The molecule has 0 heterocycles. The van der Waals surface area contributed by atoms with Crippen molar-refractivity contribution in [1.29, 1.82) is 0 Å². The molecule has 0 spiro atoms. The third-order valence-corrected chi connectivity index (χ3v) is 2.40. The lowest BCUT2D eigenvalue weighted by Crippen LogP contribution is -2.30. The third kappa shape index (κ3) is 3.11. The van der Waals surface area contributed by atoms with E-state index >= 15 is 0 Å². The Bertz CT molecular complexity index is 327. The molecule has 1 unspecified atom stereocenters. The quantitative estimate of drug-likeness (QED) is 0.563. The van der Waals surface area contributed by atoms with Crippen LogP contribution in [0.15, 0.2) is 18.2 Å². The van der Waals surface area contributed by atoms with E-state index in [1.807, 2.05) is 13.8 Å². The van der Waals surface area contributed by atoms with Crippen molar-refractivity contribution >= 4 is 0 Å². The first kappa shape index (κ1) is 11.8. The molecule has 1 aromatic carbocycles. The van der Waals surface area contributed by atoms with E-state index in [4.69, 9.17) is 10.8 Å². The van der Waals surface area contributed by atoms with Crippen LogP contribution in [0.25, 0.3) is 0 Å². The molecule has 4 heteroatoms. The van der Waals surface area contributed by atoms with Crippen LogP contribution in [0.5, 0.6) is 11.5 Å². The molecule has 1 aromatic rings. The summed E-state index contributed by atoms with van der Waals surface area (Å²) in [6.45, 7) is 3.77. The van der Waals surface area contributed by atoms with Crippen molar-refractivity contribution in [2.24, 2.45) is 5.73 Å². The molecule has 84 valence electrons. The highest BCUT2D eigenvalue weighted by atomic mass is 16.3. The molecule has 4 nitrogen and oxygen atoms in total. The van der Waals surface area contributed by atoms with Crippen LogP contribution in [0, 0.1) is 0 Å². The maximum Gasteiger partial charge on any atom is 0.119 e. The zero-order chi connectivity index (χ0) is 11.6. The molecule has 0 fully saturated rings. The summed E-state index contributed by atoms with van der Waals surface area (Å²) in [4.78, 5) is 0. The minimum absolute atomic E-state index is 0.00425. The Morgan fingerprint density at radius 1 is 1.20 bits per heavy atom. The third-order valence-electron chi connectivity index (χ3n) is 2.40. The second-order valence-electron chi connectivity index (χ2n) is 4.39. The topological polar surface area (TPSA) is 86.7 Å². The lowest BCUT2D eigenvalue weighted by Gasteiger charge is -2.26. The van der Waals surface area contributed by atoms with E-state index in [0.717, 1.165) is 5.56 Å². The predicted molar refractivity (Wildman–Crippen MR) is 57.6 cm³/mol. The SMILES string of the molecule is CC(C)(CC(N)O)c1cc(O)cc(O)c1. The molecule has 0 aliphatic rings. The highest BCUT2D eigenvalue weighted by Crippen LogP contribution is 2.32. The second kappa shape index (κ2) is 4.08. The number of hydrogen-bond acceptors (Lipinski definition) is 4. The average Bonchev–Trinajstić information content (AvgIpc) is 1.99. The number of benzene rings is 1. The summed E-state index contributed by atoms with van der Waals surface area (Å²) in [5.41, 5.74) is 5.66. The van der Waals surface area contributed by atoms with E-state index in [2.05, 4.69) is 0 Å². The molecule has 15 heavy (non-hydrogen) atoms. The Morgan fingerprint density at radius 2 is 1.67 bits per heavy atom. The van der Waals surface area contributed by atoms with Crippen molar-refractivity contribution in [3.8, 4) is 11.5 Å². The molecule has 0 aromatic heterocycles. The van der Waals surface area contributed by atoms with Crippen molar-refractivity contribution in [3.05, 3.63) is 23.8 Å². The van der Waals surface area contributed by atoms with Gasteiger partial charge < -0.3 is 21.1 Å². The van der Waals surface area contributed by atoms with E-state index in [0.29, 0.717) is 6.42 Å². The molecule has 1 atom stereocenters. The van der Waals surface area contributed by atoms with Gasteiger partial charge in [-0.2, -0.15) is 0 Å². The van der Waals surface area contributed by atoms with E-state index in [9.17, 15) is 10.2 Å². The fourth-order valence-electron chi connectivity index (χ4n) is 1.63. The summed E-state index contributed by atoms with van der Waals surface area (Å²) in [5, 5.41) is 27.8. The first-order valence-corrected chi connectivity index (χ1v) is 4.78. The van der Waals surface area contributed by atoms with E-state index in [1.54, 1.807) is 12.1 Å². The summed E-state index contributed by atoms with van der Waals surface area (Å²) in [6, 6.07) is 4.38. The predicted octanol–water partition coefficient (Wildman–Crippen LogP) is 1.04. The number of aromatic hydroxyl groups is 2. The average molecular weight is 211 g/mol. The normalized spacial score (nSPS) is 13.9. The monoisotopic (exact) mass is 211 g/mol. The van der Waals surface area contributed by atoms with Crippen LogP contribution in [-0.2, 0) is 5.41 Å². The maximum absolute atomic E-state index is 9.34. The van der Waals surface area contributed by atoms with Gasteiger partial charge in [0.05, 0.1) is 0 Å². The van der Waals surface area contributed by atoms with Crippen LogP contribution in [0.4, 0.5) is 0 Å². The number of aliphatic hydroxyl groups excluding tert-OH is 1.